The summed E-state index contributed by atoms with van der Waals surface area (Å²) in [5.41, 5.74) is 0. The third-order valence-corrected chi connectivity index (χ3v) is 0.706. The minimum Gasteiger partial charge on any atom is -0.390 e. The maximum atomic E-state index is 8.69. The number of aliphatic hydroxyl groups is 1. The lowest BCUT2D eigenvalue weighted by molar-refractivity contribution is -0.256. The van der Waals surface area contributed by atoms with Crippen molar-refractivity contribution < 1.29 is 15.3 Å². The van der Waals surface area contributed by atoms with Crippen LogP contribution in [-0.2, 0) is 4.89 Å². The van der Waals surface area contributed by atoms with Crippen molar-refractivity contribution in [1.29, 1.82) is 0 Å². The van der Waals surface area contributed by atoms with Gasteiger partial charge in [-0.15, -0.1) is 6.58 Å². The van der Waals surface area contributed by atoms with Gasteiger partial charge in [-0.1, -0.05) is 6.08 Å². The van der Waals surface area contributed by atoms with Crippen LogP contribution >= 0.6 is 0 Å². The summed E-state index contributed by atoms with van der Waals surface area (Å²) >= 11 is 0. The highest BCUT2D eigenvalue weighted by molar-refractivity contribution is 4.71. The first kappa shape index (κ1) is 7.62. The van der Waals surface area contributed by atoms with Crippen LogP contribution in [0.2, 0.25) is 0 Å². The molecule has 0 rings (SSSR count). The van der Waals surface area contributed by atoms with Gasteiger partial charge in [0.15, 0.2) is 0 Å². The average Bonchev–Trinajstić information content (AvgIpc) is 1.68. The number of hydrogen-bond donors (Lipinski definition) is 2. The predicted octanol–water partition coefficient (Wildman–Crippen LogP) is 0.413. The normalized spacial score (nSPS) is 13.2. The van der Waals surface area contributed by atoms with Crippen LogP contribution in [0.5, 0.6) is 0 Å². The standard InChI is InChI=1S/C5H10O3/c1-2-3-5(6)4-8-7/h2,5-7H,1,3-4H2. The van der Waals surface area contributed by atoms with Gasteiger partial charge in [-0.05, 0) is 6.42 Å². The Morgan fingerprint density at radius 3 is 2.75 bits per heavy atom. The van der Waals surface area contributed by atoms with E-state index in [0.717, 1.165) is 0 Å². The molecule has 1 unspecified atom stereocenters. The predicted molar refractivity (Wildman–Crippen MR) is 29.4 cm³/mol. The second-order valence-electron chi connectivity index (χ2n) is 1.47. The van der Waals surface area contributed by atoms with Crippen LogP contribution in [0, 0.1) is 0 Å². The molecule has 0 amide bonds. The Hall–Kier alpha value is -0.380. The van der Waals surface area contributed by atoms with Crippen LogP contribution in [0.1, 0.15) is 6.42 Å². The zero-order valence-electron chi connectivity index (χ0n) is 4.58. The summed E-state index contributed by atoms with van der Waals surface area (Å²) in [5, 5.41) is 16.5. The van der Waals surface area contributed by atoms with E-state index < -0.39 is 6.10 Å². The quantitative estimate of drug-likeness (QED) is 0.319. The van der Waals surface area contributed by atoms with Crippen LogP contribution < -0.4 is 0 Å². The molecular formula is C5H10O3. The molecule has 3 nitrogen and oxygen atoms in total. The summed E-state index contributed by atoms with van der Waals surface area (Å²) < 4.78 is 0. The molecule has 48 valence electrons. The van der Waals surface area contributed by atoms with Gasteiger partial charge in [-0.3, -0.25) is 5.26 Å². The van der Waals surface area contributed by atoms with Crippen molar-refractivity contribution in [2.24, 2.45) is 0 Å². The molecule has 0 fully saturated rings. The molecule has 0 saturated heterocycles. The molecular weight excluding hydrogens is 108 g/mol. The summed E-state index contributed by atoms with van der Waals surface area (Å²) in [5.74, 6) is 0. The van der Waals surface area contributed by atoms with Crippen LogP contribution in [-0.4, -0.2) is 23.1 Å². The summed E-state index contributed by atoms with van der Waals surface area (Å²) in [6, 6.07) is 0. The molecule has 0 radical (unpaired) electrons. The third-order valence-electron chi connectivity index (χ3n) is 0.706. The van der Waals surface area contributed by atoms with E-state index in [1.807, 2.05) is 0 Å². The minimum absolute atomic E-state index is 0.0496. The molecule has 0 aromatic heterocycles. The molecule has 0 saturated carbocycles. The monoisotopic (exact) mass is 118 g/mol. The van der Waals surface area contributed by atoms with Crippen LogP contribution in [0.25, 0.3) is 0 Å². The molecule has 0 heterocycles. The highest BCUT2D eigenvalue weighted by atomic mass is 17.1. The maximum absolute atomic E-state index is 8.69. The van der Waals surface area contributed by atoms with Crippen molar-refractivity contribution in [3.8, 4) is 0 Å². The molecule has 0 aliphatic heterocycles. The highest BCUT2D eigenvalue weighted by Crippen LogP contribution is 1.90. The Kier molecular flexibility index (Phi) is 4.54. The summed E-state index contributed by atoms with van der Waals surface area (Å²) in [6.07, 6.45) is 1.38. The lowest BCUT2D eigenvalue weighted by Gasteiger charge is -2.01. The fourth-order valence-electron chi connectivity index (χ4n) is 0.346. The molecule has 0 aromatic rings. The summed E-state index contributed by atoms with van der Waals surface area (Å²) in [4.78, 5) is 3.66. The van der Waals surface area contributed by atoms with Gasteiger partial charge in [0.25, 0.3) is 0 Å². The largest absolute Gasteiger partial charge is 0.390 e. The van der Waals surface area contributed by atoms with Gasteiger partial charge in [0.2, 0.25) is 0 Å². The van der Waals surface area contributed by atoms with Gasteiger partial charge in [0.05, 0.1) is 6.10 Å². The minimum atomic E-state index is -0.627. The number of aliphatic hydroxyl groups excluding tert-OH is 1. The van der Waals surface area contributed by atoms with E-state index in [-0.39, 0.29) is 6.61 Å². The van der Waals surface area contributed by atoms with Gasteiger partial charge in [-0.25, -0.2) is 4.89 Å². The zero-order chi connectivity index (χ0) is 6.41. The third kappa shape index (κ3) is 3.80. The maximum Gasteiger partial charge on any atom is 0.108 e. The van der Waals surface area contributed by atoms with Crippen molar-refractivity contribution >= 4 is 0 Å². The van der Waals surface area contributed by atoms with E-state index in [0.29, 0.717) is 6.42 Å². The fourth-order valence-corrected chi connectivity index (χ4v) is 0.346. The smallest absolute Gasteiger partial charge is 0.108 e. The Balaban J connectivity index is 3.03. The van der Waals surface area contributed by atoms with Crippen molar-refractivity contribution in [3.05, 3.63) is 12.7 Å². The average molecular weight is 118 g/mol. The summed E-state index contributed by atoms with van der Waals surface area (Å²) in [6.45, 7) is 3.34. The molecule has 0 aliphatic rings. The van der Waals surface area contributed by atoms with Crippen LogP contribution in [0.15, 0.2) is 12.7 Å². The van der Waals surface area contributed by atoms with E-state index in [4.69, 9.17) is 10.4 Å². The zero-order valence-corrected chi connectivity index (χ0v) is 4.58. The van der Waals surface area contributed by atoms with E-state index in [9.17, 15) is 0 Å². The Morgan fingerprint density at radius 2 is 2.38 bits per heavy atom. The first-order valence-electron chi connectivity index (χ1n) is 2.36. The van der Waals surface area contributed by atoms with Crippen molar-refractivity contribution in [3.63, 3.8) is 0 Å². The topological polar surface area (TPSA) is 49.7 Å². The first-order chi connectivity index (χ1) is 3.81. The molecule has 0 aliphatic carbocycles. The molecule has 0 bridgehead atoms. The molecule has 8 heavy (non-hydrogen) atoms. The van der Waals surface area contributed by atoms with Gasteiger partial charge in [0, 0.05) is 0 Å². The number of hydrogen-bond acceptors (Lipinski definition) is 3. The van der Waals surface area contributed by atoms with Crippen molar-refractivity contribution in [1.82, 2.24) is 0 Å². The SMILES string of the molecule is C=CCC(O)COO. The lowest BCUT2D eigenvalue weighted by atomic mass is 10.3. The van der Waals surface area contributed by atoms with Gasteiger partial charge < -0.3 is 5.11 Å². The molecule has 0 spiro atoms. The van der Waals surface area contributed by atoms with Crippen molar-refractivity contribution in [2.75, 3.05) is 6.61 Å². The van der Waals surface area contributed by atoms with Gasteiger partial charge in [-0.2, -0.15) is 0 Å². The number of rotatable bonds is 4. The van der Waals surface area contributed by atoms with E-state index in [1.54, 1.807) is 6.08 Å². The van der Waals surface area contributed by atoms with E-state index in [2.05, 4.69) is 11.5 Å². The van der Waals surface area contributed by atoms with Gasteiger partial charge in [0.1, 0.15) is 6.61 Å². The molecule has 3 heteroatoms. The second-order valence-corrected chi connectivity index (χ2v) is 1.47. The molecule has 1 atom stereocenters. The highest BCUT2D eigenvalue weighted by Gasteiger charge is 1.98. The Morgan fingerprint density at radius 1 is 1.75 bits per heavy atom. The van der Waals surface area contributed by atoms with Gasteiger partial charge >= 0.3 is 0 Å². The first-order valence-corrected chi connectivity index (χ1v) is 2.36. The van der Waals surface area contributed by atoms with Crippen LogP contribution in [0.4, 0.5) is 0 Å². The van der Waals surface area contributed by atoms with Crippen LogP contribution in [0.3, 0.4) is 0 Å². The Bertz CT molecular complexity index is 62.7. The second kappa shape index (κ2) is 4.77. The lowest BCUT2D eigenvalue weighted by Crippen LogP contribution is -2.12. The van der Waals surface area contributed by atoms with Crippen molar-refractivity contribution in [2.45, 2.75) is 12.5 Å². The van der Waals surface area contributed by atoms with E-state index in [1.165, 1.54) is 0 Å². The fraction of sp³-hybridized carbons (Fsp3) is 0.600. The Labute approximate surface area is 48.1 Å². The molecule has 2 N–H and O–H groups in total. The van der Waals surface area contributed by atoms with E-state index >= 15 is 0 Å². The molecule has 0 aromatic carbocycles. The summed E-state index contributed by atoms with van der Waals surface area (Å²) in [7, 11) is 0.